The molecule has 3 aromatic rings. The molecule has 3 rings (SSSR count). The lowest BCUT2D eigenvalue weighted by Crippen LogP contribution is -3.00. The molecule has 0 saturated carbocycles. The molecule has 2 heterocycles. The molecule has 0 aliphatic carbocycles. The fourth-order valence-corrected chi connectivity index (χ4v) is 1.97. The molecule has 2 aromatic heterocycles. The first-order chi connectivity index (χ1) is 9.83. The van der Waals surface area contributed by atoms with Crippen molar-refractivity contribution in [3.8, 4) is 0 Å². The summed E-state index contributed by atoms with van der Waals surface area (Å²) in [7, 11) is 1.99. The third-order valence-electron chi connectivity index (χ3n) is 3.05. The monoisotopic (exact) mass is 390 g/mol. The van der Waals surface area contributed by atoms with Gasteiger partial charge in [0.05, 0.1) is 17.4 Å². The van der Waals surface area contributed by atoms with Crippen LogP contribution >= 0.6 is 0 Å². The second kappa shape index (κ2) is 7.12. The van der Waals surface area contributed by atoms with Gasteiger partial charge in [-0.3, -0.25) is 10.4 Å². The van der Waals surface area contributed by atoms with E-state index in [1.165, 1.54) is 0 Å². The molecule has 0 spiro atoms. The van der Waals surface area contributed by atoms with Gasteiger partial charge in [-0.15, -0.1) is 0 Å². The fraction of sp³-hybridized carbons (Fsp3) is 0.0625. The molecule has 0 radical (unpaired) electrons. The Morgan fingerprint density at radius 1 is 1.10 bits per heavy atom. The van der Waals surface area contributed by atoms with Gasteiger partial charge in [-0.2, -0.15) is 5.10 Å². The van der Waals surface area contributed by atoms with E-state index in [9.17, 15) is 0 Å². The zero-order valence-corrected chi connectivity index (χ0v) is 13.7. The molecule has 1 N–H and O–H groups in total. The van der Waals surface area contributed by atoms with Gasteiger partial charge in [0.2, 0.25) is 0 Å². The number of halogens is 1. The molecule has 0 bridgehead atoms. The van der Waals surface area contributed by atoms with Crippen LogP contribution in [0.4, 0.5) is 5.69 Å². The van der Waals surface area contributed by atoms with Crippen LogP contribution in [0.5, 0.6) is 0 Å². The molecule has 0 unspecified atom stereocenters. The zero-order chi connectivity index (χ0) is 13.8. The molecule has 0 fully saturated rings. The molecule has 4 nitrogen and oxygen atoms in total. The van der Waals surface area contributed by atoms with E-state index >= 15 is 0 Å². The van der Waals surface area contributed by atoms with Crippen LogP contribution in [0, 0.1) is 0 Å². The summed E-state index contributed by atoms with van der Waals surface area (Å²) in [4.78, 5) is 4.32. The quantitative estimate of drug-likeness (QED) is 0.284. The number of hydrogen-bond donors (Lipinski definition) is 1. The SMILES string of the molecule is C[n+]1ccc(/C=N\Nc2ccnc3ccccc23)cc1.[I-]. The number of pyridine rings is 2. The van der Waals surface area contributed by atoms with E-state index in [1.807, 2.05) is 66.5 Å². The van der Waals surface area contributed by atoms with Crippen molar-refractivity contribution in [3.05, 3.63) is 66.6 Å². The Kier molecular flexibility index (Phi) is 5.21. The number of nitrogens with one attached hydrogen (secondary N) is 1. The lowest BCUT2D eigenvalue weighted by Gasteiger charge is -2.04. The highest BCUT2D eigenvalue weighted by Crippen LogP contribution is 2.20. The van der Waals surface area contributed by atoms with Gasteiger partial charge < -0.3 is 24.0 Å². The van der Waals surface area contributed by atoms with Crippen molar-refractivity contribution in [2.75, 3.05) is 5.43 Å². The van der Waals surface area contributed by atoms with Crippen LogP contribution < -0.4 is 34.0 Å². The van der Waals surface area contributed by atoms with E-state index < -0.39 is 0 Å². The lowest BCUT2D eigenvalue weighted by atomic mass is 10.2. The number of nitrogens with zero attached hydrogens (tertiary/aromatic N) is 3. The molecule has 0 atom stereocenters. The van der Waals surface area contributed by atoms with Gasteiger partial charge in [0.15, 0.2) is 12.4 Å². The number of aryl methyl sites for hydroxylation is 1. The maximum Gasteiger partial charge on any atom is 0.169 e. The summed E-state index contributed by atoms with van der Waals surface area (Å²) in [6, 6.07) is 13.9. The third kappa shape index (κ3) is 3.75. The van der Waals surface area contributed by atoms with Crippen molar-refractivity contribution in [3.63, 3.8) is 0 Å². The first-order valence-corrected chi connectivity index (χ1v) is 6.41. The van der Waals surface area contributed by atoms with Crippen LogP contribution in [0.1, 0.15) is 5.56 Å². The van der Waals surface area contributed by atoms with Crippen molar-refractivity contribution in [1.82, 2.24) is 4.98 Å². The van der Waals surface area contributed by atoms with Gasteiger partial charge in [-0.05, 0) is 12.1 Å². The highest BCUT2D eigenvalue weighted by molar-refractivity contribution is 5.91. The van der Waals surface area contributed by atoms with Gasteiger partial charge in [0, 0.05) is 29.3 Å². The van der Waals surface area contributed by atoms with Gasteiger partial charge >= 0.3 is 0 Å². The van der Waals surface area contributed by atoms with Crippen LogP contribution in [-0.2, 0) is 7.05 Å². The van der Waals surface area contributed by atoms with Crippen molar-refractivity contribution >= 4 is 22.8 Å². The van der Waals surface area contributed by atoms with Crippen LogP contribution in [0.15, 0.2) is 66.2 Å². The highest BCUT2D eigenvalue weighted by atomic mass is 127. The minimum absolute atomic E-state index is 0. The Hall–Kier alpha value is -2.02. The molecule has 106 valence electrons. The Labute approximate surface area is 140 Å². The summed E-state index contributed by atoms with van der Waals surface area (Å²) in [5.41, 5.74) is 6.03. The summed E-state index contributed by atoms with van der Waals surface area (Å²) in [5.74, 6) is 0. The third-order valence-corrected chi connectivity index (χ3v) is 3.05. The minimum atomic E-state index is 0. The molecule has 21 heavy (non-hydrogen) atoms. The molecule has 5 heteroatoms. The zero-order valence-electron chi connectivity index (χ0n) is 11.6. The second-order valence-electron chi connectivity index (χ2n) is 4.54. The summed E-state index contributed by atoms with van der Waals surface area (Å²) in [6.45, 7) is 0. The normalized spacial score (nSPS) is 10.5. The Morgan fingerprint density at radius 2 is 1.86 bits per heavy atom. The number of benzene rings is 1. The van der Waals surface area contributed by atoms with Crippen LogP contribution in [0.25, 0.3) is 10.9 Å². The number of aromatic nitrogens is 2. The fourth-order valence-electron chi connectivity index (χ4n) is 1.97. The van der Waals surface area contributed by atoms with Crippen molar-refractivity contribution in [2.45, 2.75) is 0 Å². The Bertz CT molecular complexity index is 748. The predicted octanol–water partition coefficient (Wildman–Crippen LogP) is -0.491. The highest BCUT2D eigenvalue weighted by Gasteiger charge is 1.99. The van der Waals surface area contributed by atoms with E-state index in [1.54, 1.807) is 12.4 Å². The largest absolute Gasteiger partial charge is 1.00 e. The lowest BCUT2D eigenvalue weighted by molar-refractivity contribution is -0.671. The summed E-state index contributed by atoms with van der Waals surface area (Å²) in [5, 5.41) is 5.34. The van der Waals surface area contributed by atoms with Gasteiger partial charge in [0.25, 0.3) is 0 Å². The summed E-state index contributed by atoms with van der Waals surface area (Å²) in [6.07, 6.45) is 7.56. The molecular weight excluding hydrogens is 375 g/mol. The summed E-state index contributed by atoms with van der Waals surface area (Å²) < 4.78 is 1.99. The number of para-hydroxylation sites is 1. The number of hydrazone groups is 1. The van der Waals surface area contributed by atoms with Crippen molar-refractivity contribution in [1.29, 1.82) is 0 Å². The van der Waals surface area contributed by atoms with E-state index in [0.29, 0.717) is 0 Å². The molecule has 0 aliphatic heterocycles. The Balaban J connectivity index is 0.00000161. The average molecular weight is 390 g/mol. The van der Waals surface area contributed by atoms with Gasteiger partial charge in [-0.1, -0.05) is 18.2 Å². The van der Waals surface area contributed by atoms with Crippen LogP contribution in [0.3, 0.4) is 0 Å². The van der Waals surface area contributed by atoms with Gasteiger partial charge in [-0.25, -0.2) is 4.57 Å². The van der Waals surface area contributed by atoms with Gasteiger partial charge in [0.1, 0.15) is 7.05 Å². The van der Waals surface area contributed by atoms with E-state index in [0.717, 1.165) is 22.2 Å². The predicted molar refractivity (Wildman–Crippen MR) is 80.6 cm³/mol. The minimum Gasteiger partial charge on any atom is -1.00 e. The molecule has 1 aromatic carbocycles. The van der Waals surface area contributed by atoms with Crippen molar-refractivity contribution < 1.29 is 28.5 Å². The van der Waals surface area contributed by atoms with E-state index in [4.69, 9.17) is 0 Å². The summed E-state index contributed by atoms with van der Waals surface area (Å²) >= 11 is 0. The molecule has 0 amide bonds. The number of hydrogen-bond acceptors (Lipinski definition) is 3. The number of fused-ring (bicyclic) bond motifs is 1. The number of rotatable bonds is 3. The molecule has 0 saturated heterocycles. The first kappa shape index (κ1) is 15.4. The second-order valence-corrected chi connectivity index (χ2v) is 4.54. The standard InChI is InChI=1S/C16H14N4.HI/c1-20-10-7-13(8-11-20)12-18-19-16-6-9-17-15-5-3-2-4-14(15)16;/h2-12H,1H3;1H. The maximum atomic E-state index is 4.32. The number of anilines is 1. The maximum absolute atomic E-state index is 4.32. The van der Waals surface area contributed by atoms with Crippen LogP contribution in [-0.4, -0.2) is 11.2 Å². The molecular formula is C16H15IN4. The average Bonchev–Trinajstić information content (AvgIpc) is 2.49. The van der Waals surface area contributed by atoms with E-state index in [-0.39, 0.29) is 24.0 Å². The Morgan fingerprint density at radius 3 is 2.67 bits per heavy atom. The van der Waals surface area contributed by atoms with Crippen molar-refractivity contribution in [2.24, 2.45) is 12.1 Å². The smallest absolute Gasteiger partial charge is 0.169 e. The van der Waals surface area contributed by atoms with Crippen LogP contribution in [0.2, 0.25) is 0 Å². The molecule has 0 aliphatic rings. The first-order valence-electron chi connectivity index (χ1n) is 6.41. The van der Waals surface area contributed by atoms with E-state index in [2.05, 4.69) is 15.5 Å². The topological polar surface area (TPSA) is 41.2 Å².